The number of carbonyl (C=O) groups is 2. The fourth-order valence-electron chi connectivity index (χ4n) is 0.116. The zero-order chi connectivity index (χ0) is 5.54. The summed E-state index contributed by atoms with van der Waals surface area (Å²) in [6.07, 6.45) is 1.21. The predicted molar refractivity (Wildman–Crippen MR) is 18.4 cm³/mol. The molecule has 0 spiro atoms. The minimum absolute atomic E-state index is 0.603. The van der Waals surface area contributed by atoms with Gasteiger partial charge in [0.2, 0.25) is 0 Å². The molecule has 2 amide bonds. The molecule has 2 N–H and O–H groups in total. The molecule has 0 heterocycles. The molecule has 0 saturated heterocycles. The summed E-state index contributed by atoms with van der Waals surface area (Å²) in [6, 6.07) is 0. The van der Waals surface area contributed by atoms with Gasteiger partial charge in [0, 0.05) is 0 Å². The van der Waals surface area contributed by atoms with Crippen LogP contribution in [-0.2, 0) is 9.59 Å². The average Bonchev–Trinajstić information content (AvgIpc) is 1.69. The Hall–Kier alpha value is 0.135. The average molecular weight is 227 g/mol. The van der Waals surface area contributed by atoms with Crippen LogP contribution in [0.4, 0.5) is 0 Å². The van der Waals surface area contributed by atoms with Gasteiger partial charge in [-0.2, -0.15) is 0 Å². The van der Waals surface area contributed by atoms with Crippen LogP contribution in [0.15, 0.2) is 0 Å². The Balaban J connectivity index is 2.68. The molecule has 5 heteroatoms. The third kappa shape index (κ3) is 6.13. The first kappa shape index (κ1) is 7.13. The molecule has 0 aliphatic rings. The first-order chi connectivity index (χ1) is 3.41. The van der Waals surface area contributed by atoms with Crippen molar-refractivity contribution in [3.63, 3.8) is 0 Å². The maximum atomic E-state index is 9.46. The van der Waals surface area contributed by atoms with Crippen molar-refractivity contribution in [2.45, 2.75) is 0 Å². The van der Waals surface area contributed by atoms with Gasteiger partial charge < -0.3 is 0 Å². The van der Waals surface area contributed by atoms with Crippen molar-refractivity contribution in [2.75, 3.05) is 0 Å². The maximum absolute atomic E-state index is 9.46. The number of hydrogen-bond donors (Lipinski definition) is 2. The zero-order valence-corrected chi connectivity index (χ0v) is 7.17. The second kappa shape index (κ2) is 6.13. The van der Waals surface area contributed by atoms with Gasteiger partial charge in [-0.3, -0.25) is 0 Å². The van der Waals surface area contributed by atoms with E-state index in [-0.39, 0.29) is 0 Å². The summed E-state index contributed by atoms with van der Waals surface area (Å²) in [4.78, 5) is 18.9. The van der Waals surface area contributed by atoms with Gasteiger partial charge in [-0.1, -0.05) is 0 Å². The van der Waals surface area contributed by atoms with E-state index in [1.165, 1.54) is 0 Å². The number of hydrogen-bond acceptors (Lipinski definition) is 2. The van der Waals surface area contributed by atoms with Gasteiger partial charge in [-0.25, -0.2) is 0 Å². The molecular formula is C2H4LaN2O2. The van der Waals surface area contributed by atoms with E-state index in [1.54, 1.807) is 0 Å². The van der Waals surface area contributed by atoms with Crippen molar-refractivity contribution >= 4 is 12.8 Å². The van der Waals surface area contributed by atoms with Gasteiger partial charge in [-0.15, -0.1) is 0 Å². The predicted octanol–water partition coefficient (Wildman–Crippen LogP) is -1.61. The summed E-state index contributed by atoms with van der Waals surface area (Å²) in [6.45, 7) is 0. The normalized spacial score (nSPS) is 5.71. The van der Waals surface area contributed by atoms with Crippen LogP contribution in [-0.4, -0.2) is 12.8 Å². The summed E-state index contributed by atoms with van der Waals surface area (Å²) < 4.78 is 4.87. The Morgan fingerprint density at radius 1 is 1.14 bits per heavy atom. The molecule has 0 aromatic heterocycles. The van der Waals surface area contributed by atoms with Gasteiger partial charge in [-0.05, 0) is 0 Å². The molecule has 0 aliphatic heterocycles. The SMILES string of the molecule is O=C[NH][La][NH]C=O. The monoisotopic (exact) mass is 227 g/mol. The Bertz CT molecular complexity index is 58.7. The van der Waals surface area contributed by atoms with Crippen molar-refractivity contribution in [3.8, 4) is 0 Å². The van der Waals surface area contributed by atoms with Crippen LogP contribution in [0.1, 0.15) is 0 Å². The van der Waals surface area contributed by atoms with Crippen molar-refractivity contribution in [1.82, 2.24) is 4.16 Å². The molecule has 7 heavy (non-hydrogen) atoms. The molecule has 0 radical (unpaired) electrons. The molecule has 37 valence electrons. The van der Waals surface area contributed by atoms with Gasteiger partial charge in [0.1, 0.15) is 0 Å². The standard InChI is InChI=1S/2CH3NO.La/c2*2-1-3;/h2*1H,(H2,2,3);/q;;+2/p-2. The fourth-order valence-corrected chi connectivity index (χ4v) is 0.846. The molecule has 0 aliphatic carbocycles. The molecule has 0 atom stereocenters. The van der Waals surface area contributed by atoms with Crippen molar-refractivity contribution in [2.24, 2.45) is 0 Å². The van der Waals surface area contributed by atoms with Gasteiger partial charge in [0.15, 0.2) is 0 Å². The summed E-state index contributed by atoms with van der Waals surface area (Å²) in [7, 11) is 0. The topological polar surface area (TPSA) is 58.2 Å². The second-order valence-corrected chi connectivity index (χ2v) is 3.71. The Morgan fingerprint density at radius 2 is 1.57 bits per heavy atom. The Labute approximate surface area is 58.9 Å². The van der Waals surface area contributed by atoms with E-state index in [0.717, 1.165) is 0 Å². The van der Waals surface area contributed by atoms with E-state index in [9.17, 15) is 9.59 Å². The zero-order valence-electron chi connectivity index (χ0n) is 3.55. The van der Waals surface area contributed by atoms with E-state index >= 15 is 0 Å². The van der Waals surface area contributed by atoms with Crippen molar-refractivity contribution < 1.29 is 42.2 Å². The summed E-state index contributed by atoms with van der Waals surface area (Å²) in [5.74, 6) is 0. The number of rotatable bonds is 4. The van der Waals surface area contributed by atoms with E-state index in [0.29, 0.717) is 12.8 Å². The first-order valence-corrected chi connectivity index (χ1v) is 5.25. The molecular weight excluding hydrogens is 223 g/mol. The van der Waals surface area contributed by atoms with E-state index in [2.05, 4.69) is 4.16 Å². The quantitative estimate of drug-likeness (QED) is 0.448. The number of nitrogens with one attached hydrogen (secondary N) is 2. The number of carbonyl (C=O) groups excluding carboxylic acids is 2. The molecule has 0 unspecified atom stereocenters. The Kier molecular flexibility index (Phi) is 6.25. The third-order valence-electron chi connectivity index (χ3n) is 0.303. The van der Waals surface area contributed by atoms with Gasteiger partial charge in [0.25, 0.3) is 0 Å². The van der Waals surface area contributed by atoms with E-state index in [1.807, 2.05) is 0 Å². The van der Waals surface area contributed by atoms with Crippen LogP contribution in [0.25, 0.3) is 0 Å². The molecule has 0 aromatic rings. The molecule has 0 saturated carbocycles. The third-order valence-corrected chi connectivity index (χ3v) is 2.20. The minimum atomic E-state index is -1.34. The van der Waals surface area contributed by atoms with Gasteiger partial charge in [0.05, 0.1) is 0 Å². The molecule has 0 fully saturated rings. The van der Waals surface area contributed by atoms with Crippen LogP contribution in [0, 0.1) is 32.6 Å². The first-order valence-electron chi connectivity index (χ1n) is 1.63. The molecule has 0 bridgehead atoms. The Morgan fingerprint density at radius 3 is 1.86 bits per heavy atom. The molecule has 0 aromatic carbocycles. The van der Waals surface area contributed by atoms with Crippen molar-refractivity contribution in [1.29, 1.82) is 0 Å². The number of amides is 2. The molecule has 0 rings (SSSR count). The van der Waals surface area contributed by atoms with Crippen LogP contribution in [0.2, 0.25) is 0 Å². The van der Waals surface area contributed by atoms with E-state index in [4.69, 9.17) is 0 Å². The van der Waals surface area contributed by atoms with Crippen molar-refractivity contribution in [3.05, 3.63) is 0 Å². The second-order valence-electron chi connectivity index (χ2n) is 0.713. The van der Waals surface area contributed by atoms with Crippen LogP contribution in [0.5, 0.6) is 0 Å². The van der Waals surface area contributed by atoms with E-state index < -0.39 is 32.6 Å². The summed E-state index contributed by atoms with van der Waals surface area (Å²) >= 11 is -1.34. The van der Waals surface area contributed by atoms with Crippen LogP contribution in [0.3, 0.4) is 0 Å². The fraction of sp³-hybridized carbons (Fsp3) is 0. The molecule has 4 nitrogen and oxygen atoms in total. The van der Waals surface area contributed by atoms with Crippen LogP contribution < -0.4 is 4.16 Å². The summed E-state index contributed by atoms with van der Waals surface area (Å²) in [5, 5.41) is 0. The van der Waals surface area contributed by atoms with Crippen LogP contribution >= 0.6 is 0 Å². The van der Waals surface area contributed by atoms with Gasteiger partial charge >= 0.3 is 59.1 Å². The summed E-state index contributed by atoms with van der Waals surface area (Å²) in [5.41, 5.74) is 0.